The average molecular weight is 274 g/mol. The van der Waals surface area contributed by atoms with Crippen molar-refractivity contribution < 1.29 is 4.79 Å². The first-order valence-electron chi connectivity index (χ1n) is 4.81. The molecule has 0 aromatic heterocycles. The number of hydrogen-bond acceptors (Lipinski definition) is 2. The van der Waals surface area contributed by atoms with E-state index in [0.29, 0.717) is 5.56 Å². The highest BCUT2D eigenvalue weighted by molar-refractivity contribution is 9.10. The molecule has 0 bridgehead atoms. The van der Waals surface area contributed by atoms with Crippen molar-refractivity contribution in [3.63, 3.8) is 0 Å². The molecule has 2 aromatic rings. The first-order chi connectivity index (χ1) is 7.74. The molecular formula is C13H8BrNO. The van der Waals surface area contributed by atoms with Crippen LogP contribution in [0.4, 0.5) is 0 Å². The number of rotatable bonds is 2. The average Bonchev–Trinajstić information content (AvgIpc) is 2.30. The van der Waals surface area contributed by atoms with E-state index in [9.17, 15) is 4.79 Å². The molecule has 2 rings (SSSR count). The van der Waals surface area contributed by atoms with Gasteiger partial charge in [0.2, 0.25) is 0 Å². The minimum Gasteiger partial charge on any atom is -0.293 e. The van der Waals surface area contributed by atoms with Gasteiger partial charge in [-0.1, -0.05) is 40.2 Å². The van der Waals surface area contributed by atoms with E-state index in [1.165, 1.54) is 0 Å². The number of nitrogens with zero attached hydrogens (tertiary/aromatic N) is 1. The number of hydrogen-bond donors (Lipinski definition) is 0. The van der Waals surface area contributed by atoms with Gasteiger partial charge in [-0.05, 0) is 22.9 Å². The van der Waals surface area contributed by atoms with Gasteiger partial charge in [-0.2, -0.15) is 5.26 Å². The van der Waals surface area contributed by atoms with E-state index in [4.69, 9.17) is 5.26 Å². The van der Waals surface area contributed by atoms with E-state index in [2.05, 4.69) is 15.9 Å². The smallest absolute Gasteiger partial charge is 0.177 e. The fraction of sp³-hybridized carbons (Fsp3) is 0.0769. The fourth-order valence-electron chi connectivity index (χ4n) is 1.67. The summed E-state index contributed by atoms with van der Waals surface area (Å²) in [6.07, 6.45) is -0.0778. The van der Waals surface area contributed by atoms with Crippen LogP contribution in [0.25, 0.3) is 10.8 Å². The Hall–Kier alpha value is -1.66. The molecule has 0 amide bonds. The molecule has 0 N–H and O–H groups in total. The fourth-order valence-corrected chi connectivity index (χ4v) is 2.15. The molecule has 0 radical (unpaired) electrons. The van der Waals surface area contributed by atoms with Crippen LogP contribution in [-0.2, 0) is 0 Å². The van der Waals surface area contributed by atoms with Gasteiger partial charge in [0.1, 0.15) is 0 Å². The van der Waals surface area contributed by atoms with Crippen LogP contribution in [0.5, 0.6) is 0 Å². The Bertz CT molecular complexity index is 598. The zero-order valence-corrected chi connectivity index (χ0v) is 9.99. The third-order valence-corrected chi connectivity index (χ3v) is 3.10. The zero-order valence-electron chi connectivity index (χ0n) is 8.40. The molecule has 0 aliphatic rings. The molecule has 0 heterocycles. The van der Waals surface area contributed by atoms with Gasteiger partial charge in [0, 0.05) is 10.0 Å². The lowest BCUT2D eigenvalue weighted by molar-refractivity contribution is 0.0999. The Kier molecular flexibility index (Phi) is 3.02. The number of halogens is 1. The van der Waals surface area contributed by atoms with Crippen molar-refractivity contribution in [2.24, 2.45) is 0 Å². The Morgan fingerprint density at radius 2 is 1.88 bits per heavy atom. The first-order valence-corrected chi connectivity index (χ1v) is 5.60. The van der Waals surface area contributed by atoms with Crippen LogP contribution in [0.15, 0.2) is 40.9 Å². The number of fused-ring (bicyclic) bond motifs is 1. The maximum absolute atomic E-state index is 11.7. The summed E-state index contributed by atoms with van der Waals surface area (Å²) in [7, 11) is 0. The van der Waals surface area contributed by atoms with E-state index in [1.807, 2.05) is 36.4 Å². The van der Waals surface area contributed by atoms with Gasteiger partial charge in [0.25, 0.3) is 0 Å². The molecule has 2 aromatic carbocycles. The predicted molar refractivity (Wildman–Crippen MR) is 66.2 cm³/mol. The third-order valence-electron chi connectivity index (χ3n) is 2.41. The summed E-state index contributed by atoms with van der Waals surface area (Å²) in [5, 5.41) is 10.4. The standard InChI is InChI=1S/C13H8BrNO/c14-12-6-5-11(13(16)7-8-15)9-3-1-2-4-10(9)12/h1-6H,7H2. The number of nitriles is 1. The highest BCUT2D eigenvalue weighted by Crippen LogP contribution is 2.27. The lowest BCUT2D eigenvalue weighted by Crippen LogP contribution is -1.98. The van der Waals surface area contributed by atoms with Crippen molar-refractivity contribution in [2.45, 2.75) is 6.42 Å². The maximum atomic E-state index is 11.7. The molecule has 78 valence electrons. The molecule has 0 spiro atoms. The van der Waals surface area contributed by atoms with Crippen LogP contribution in [0.2, 0.25) is 0 Å². The van der Waals surface area contributed by atoms with Crippen molar-refractivity contribution in [1.29, 1.82) is 5.26 Å². The number of carbonyl (C=O) groups is 1. The van der Waals surface area contributed by atoms with E-state index in [-0.39, 0.29) is 12.2 Å². The molecule has 0 saturated heterocycles. The summed E-state index contributed by atoms with van der Waals surface area (Å²) >= 11 is 3.44. The molecule has 0 unspecified atom stereocenters. The monoisotopic (exact) mass is 273 g/mol. The molecule has 0 atom stereocenters. The molecule has 2 nitrogen and oxygen atoms in total. The topological polar surface area (TPSA) is 40.9 Å². The molecule has 3 heteroatoms. The van der Waals surface area contributed by atoms with Gasteiger partial charge in [0.15, 0.2) is 5.78 Å². The summed E-state index contributed by atoms with van der Waals surface area (Å²) < 4.78 is 0.955. The summed E-state index contributed by atoms with van der Waals surface area (Å²) in [5.74, 6) is -0.133. The van der Waals surface area contributed by atoms with Crippen LogP contribution in [0.1, 0.15) is 16.8 Å². The van der Waals surface area contributed by atoms with Crippen molar-refractivity contribution in [3.8, 4) is 6.07 Å². The summed E-state index contributed by atoms with van der Waals surface area (Å²) in [5.41, 5.74) is 0.611. The highest BCUT2D eigenvalue weighted by Gasteiger charge is 2.10. The van der Waals surface area contributed by atoms with Gasteiger partial charge in [0.05, 0.1) is 12.5 Å². The lowest BCUT2D eigenvalue weighted by atomic mass is 10.0. The van der Waals surface area contributed by atoms with E-state index in [1.54, 1.807) is 6.07 Å². The normalized spacial score (nSPS) is 10.0. The quantitative estimate of drug-likeness (QED) is 0.783. The van der Waals surface area contributed by atoms with Crippen LogP contribution < -0.4 is 0 Å². The van der Waals surface area contributed by atoms with Gasteiger partial charge in [-0.15, -0.1) is 0 Å². The van der Waals surface area contributed by atoms with Gasteiger partial charge >= 0.3 is 0 Å². The minimum absolute atomic E-state index is 0.0778. The van der Waals surface area contributed by atoms with Crippen molar-refractivity contribution in [1.82, 2.24) is 0 Å². The Morgan fingerprint density at radius 1 is 1.19 bits per heavy atom. The van der Waals surface area contributed by atoms with E-state index in [0.717, 1.165) is 15.2 Å². The Morgan fingerprint density at radius 3 is 2.56 bits per heavy atom. The second-order valence-corrected chi connectivity index (χ2v) is 4.25. The molecule has 16 heavy (non-hydrogen) atoms. The van der Waals surface area contributed by atoms with Crippen LogP contribution in [-0.4, -0.2) is 5.78 Å². The molecule has 0 aliphatic carbocycles. The van der Waals surface area contributed by atoms with Gasteiger partial charge < -0.3 is 0 Å². The molecular weight excluding hydrogens is 266 g/mol. The highest BCUT2D eigenvalue weighted by atomic mass is 79.9. The number of carbonyl (C=O) groups excluding carboxylic acids is 1. The summed E-state index contributed by atoms with van der Waals surface area (Å²) in [6, 6.07) is 13.1. The summed E-state index contributed by atoms with van der Waals surface area (Å²) in [4.78, 5) is 11.7. The molecule has 0 fully saturated rings. The van der Waals surface area contributed by atoms with Crippen molar-refractivity contribution in [2.75, 3.05) is 0 Å². The second kappa shape index (κ2) is 4.46. The zero-order chi connectivity index (χ0) is 11.5. The largest absolute Gasteiger partial charge is 0.293 e. The Labute approximate surface area is 102 Å². The van der Waals surface area contributed by atoms with Crippen molar-refractivity contribution in [3.05, 3.63) is 46.4 Å². The molecule has 0 saturated carbocycles. The minimum atomic E-state index is -0.133. The van der Waals surface area contributed by atoms with Crippen LogP contribution in [0, 0.1) is 11.3 Å². The SMILES string of the molecule is N#CCC(=O)c1ccc(Br)c2ccccc12. The van der Waals surface area contributed by atoms with Crippen molar-refractivity contribution >= 4 is 32.5 Å². The van der Waals surface area contributed by atoms with Gasteiger partial charge in [-0.25, -0.2) is 0 Å². The second-order valence-electron chi connectivity index (χ2n) is 3.40. The number of Topliss-reactive ketones (excluding diaryl/α,β-unsaturated/α-hetero) is 1. The third kappa shape index (κ3) is 1.84. The predicted octanol–water partition coefficient (Wildman–Crippen LogP) is 3.70. The molecule has 0 aliphatic heterocycles. The first kappa shape index (κ1) is 10.8. The lowest BCUT2D eigenvalue weighted by Gasteiger charge is -2.05. The van der Waals surface area contributed by atoms with E-state index >= 15 is 0 Å². The number of ketones is 1. The van der Waals surface area contributed by atoms with E-state index < -0.39 is 0 Å². The maximum Gasteiger partial charge on any atom is 0.177 e. The van der Waals surface area contributed by atoms with Crippen LogP contribution in [0.3, 0.4) is 0 Å². The number of benzene rings is 2. The van der Waals surface area contributed by atoms with Crippen LogP contribution >= 0.6 is 15.9 Å². The summed E-state index contributed by atoms with van der Waals surface area (Å²) in [6.45, 7) is 0. The Balaban J connectivity index is 2.68. The van der Waals surface area contributed by atoms with Gasteiger partial charge in [-0.3, -0.25) is 4.79 Å².